The van der Waals surface area contributed by atoms with Crippen LogP contribution in [0.3, 0.4) is 0 Å². The van der Waals surface area contributed by atoms with Crippen LogP contribution in [0, 0.1) is 5.82 Å². The number of fused-ring (bicyclic) bond motifs is 1. The first kappa shape index (κ1) is 18.7. The first-order chi connectivity index (χ1) is 13.8. The minimum Gasteiger partial charge on any atom is -0.506 e. The van der Waals surface area contributed by atoms with Crippen LogP contribution in [0.15, 0.2) is 51.8 Å². The van der Waals surface area contributed by atoms with Gasteiger partial charge in [-0.3, -0.25) is 4.79 Å². The Morgan fingerprint density at radius 1 is 1.17 bits per heavy atom. The summed E-state index contributed by atoms with van der Waals surface area (Å²) >= 11 is 0. The van der Waals surface area contributed by atoms with Crippen LogP contribution in [0.2, 0.25) is 0 Å². The van der Waals surface area contributed by atoms with Crippen molar-refractivity contribution in [2.75, 3.05) is 0 Å². The van der Waals surface area contributed by atoms with Gasteiger partial charge in [0.05, 0.1) is 11.6 Å². The molecular weight excluding hydrogens is 377 g/mol. The average Bonchev–Trinajstić information content (AvgIpc) is 3.16. The molecule has 0 bridgehead atoms. The highest BCUT2D eigenvalue weighted by atomic mass is 19.1. The van der Waals surface area contributed by atoms with Crippen molar-refractivity contribution in [1.29, 1.82) is 0 Å². The predicted molar refractivity (Wildman–Crippen MR) is 105 cm³/mol. The van der Waals surface area contributed by atoms with E-state index in [1.165, 1.54) is 23.7 Å². The SMILES string of the molecule is CC(C)Oc1ccc(-c2noc(-c3c(O)c4cc(F)ccc4n(C)c3=O)n2)cc1. The third kappa shape index (κ3) is 3.33. The van der Waals surface area contributed by atoms with Crippen molar-refractivity contribution < 1.29 is 18.8 Å². The number of aromatic nitrogens is 3. The van der Waals surface area contributed by atoms with Gasteiger partial charge < -0.3 is 18.9 Å². The second-order valence-electron chi connectivity index (χ2n) is 6.86. The normalized spacial score (nSPS) is 11.3. The van der Waals surface area contributed by atoms with Crippen LogP contribution >= 0.6 is 0 Å². The summed E-state index contributed by atoms with van der Waals surface area (Å²) in [5.41, 5.74) is 0.332. The number of benzene rings is 2. The van der Waals surface area contributed by atoms with Crippen LogP contribution in [0.5, 0.6) is 11.5 Å². The molecule has 1 N–H and O–H groups in total. The molecule has 4 rings (SSSR count). The Hall–Kier alpha value is -3.68. The maximum absolute atomic E-state index is 13.7. The molecule has 0 radical (unpaired) electrons. The monoisotopic (exact) mass is 395 g/mol. The van der Waals surface area contributed by atoms with Gasteiger partial charge in [-0.2, -0.15) is 4.98 Å². The van der Waals surface area contributed by atoms with Gasteiger partial charge >= 0.3 is 0 Å². The van der Waals surface area contributed by atoms with Crippen molar-refractivity contribution in [3.63, 3.8) is 0 Å². The van der Waals surface area contributed by atoms with Gasteiger partial charge in [0.25, 0.3) is 11.4 Å². The largest absolute Gasteiger partial charge is 0.506 e. The molecule has 2 heterocycles. The molecule has 7 nitrogen and oxygen atoms in total. The van der Waals surface area contributed by atoms with E-state index in [2.05, 4.69) is 10.1 Å². The second kappa shape index (κ2) is 7.05. The van der Waals surface area contributed by atoms with Crippen molar-refractivity contribution in [3.05, 3.63) is 58.6 Å². The molecule has 0 aliphatic rings. The summed E-state index contributed by atoms with van der Waals surface area (Å²) in [5, 5.41) is 14.7. The van der Waals surface area contributed by atoms with E-state index in [4.69, 9.17) is 9.26 Å². The van der Waals surface area contributed by atoms with Gasteiger partial charge in [-0.05, 0) is 56.3 Å². The number of hydrogen-bond acceptors (Lipinski definition) is 6. The average molecular weight is 395 g/mol. The zero-order valence-electron chi connectivity index (χ0n) is 16.0. The summed E-state index contributed by atoms with van der Waals surface area (Å²) < 4.78 is 25.8. The molecule has 0 aliphatic carbocycles. The number of rotatable bonds is 4. The van der Waals surface area contributed by atoms with E-state index < -0.39 is 17.1 Å². The van der Waals surface area contributed by atoms with Crippen molar-refractivity contribution in [2.45, 2.75) is 20.0 Å². The molecule has 0 aliphatic heterocycles. The Morgan fingerprint density at radius 2 is 1.90 bits per heavy atom. The van der Waals surface area contributed by atoms with Gasteiger partial charge in [0.1, 0.15) is 22.9 Å². The Bertz CT molecular complexity index is 1260. The maximum atomic E-state index is 13.7. The van der Waals surface area contributed by atoms with E-state index in [0.717, 1.165) is 6.07 Å². The maximum Gasteiger partial charge on any atom is 0.267 e. The van der Waals surface area contributed by atoms with Crippen LogP contribution in [0.1, 0.15) is 13.8 Å². The molecule has 4 aromatic rings. The van der Waals surface area contributed by atoms with Gasteiger partial charge in [0.15, 0.2) is 0 Å². The molecule has 2 aromatic carbocycles. The second-order valence-corrected chi connectivity index (χ2v) is 6.86. The van der Waals surface area contributed by atoms with Crippen molar-refractivity contribution in [3.8, 4) is 34.3 Å². The quantitative estimate of drug-likeness (QED) is 0.564. The lowest BCUT2D eigenvalue weighted by Crippen LogP contribution is -2.19. The Kier molecular flexibility index (Phi) is 4.54. The van der Waals surface area contributed by atoms with Crippen LogP contribution in [-0.2, 0) is 7.05 Å². The van der Waals surface area contributed by atoms with Crippen LogP contribution < -0.4 is 10.3 Å². The van der Waals surface area contributed by atoms with Crippen LogP contribution in [0.4, 0.5) is 4.39 Å². The lowest BCUT2D eigenvalue weighted by atomic mass is 10.1. The molecule has 29 heavy (non-hydrogen) atoms. The highest BCUT2D eigenvalue weighted by molar-refractivity contribution is 5.91. The number of halogens is 1. The number of aryl methyl sites for hydroxylation is 1. The summed E-state index contributed by atoms with van der Waals surface area (Å²) in [6.07, 6.45) is 0.0505. The first-order valence-corrected chi connectivity index (χ1v) is 8.97. The number of ether oxygens (including phenoxy) is 1. The molecule has 8 heteroatoms. The molecule has 0 atom stereocenters. The summed E-state index contributed by atoms with van der Waals surface area (Å²) in [4.78, 5) is 17.0. The van der Waals surface area contributed by atoms with Crippen LogP contribution in [-0.4, -0.2) is 25.9 Å². The zero-order chi connectivity index (χ0) is 20.7. The topological polar surface area (TPSA) is 90.4 Å². The highest BCUT2D eigenvalue weighted by Crippen LogP contribution is 2.33. The summed E-state index contributed by atoms with van der Waals surface area (Å²) in [6.45, 7) is 3.86. The molecule has 0 fully saturated rings. The molecule has 0 spiro atoms. The van der Waals surface area contributed by atoms with E-state index in [-0.39, 0.29) is 28.8 Å². The van der Waals surface area contributed by atoms with Crippen molar-refractivity contribution >= 4 is 10.9 Å². The number of pyridine rings is 1. The Labute approximate surface area is 165 Å². The molecular formula is C21H18FN3O4. The van der Waals surface area contributed by atoms with E-state index in [1.807, 2.05) is 13.8 Å². The fourth-order valence-electron chi connectivity index (χ4n) is 3.09. The summed E-state index contributed by atoms with van der Waals surface area (Å²) in [7, 11) is 1.52. The standard InChI is InChI=1S/C21H18FN3O4/c1-11(2)28-14-7-4-12(5-8-14)19-23-20(29-24-19)17-18(26)15-10-13(22)6-9-16(15)25(3)21(17)27/h4-11,26H,1-3H3. The fraction of sp³-hybridized carbons (Fsp3) is 0.190. The Balaban J connectivity index is 1.79. The van der Waals surface area contributed by atoms with Gasteiger partial charge in [-0.15, -0.1) is 0 Å². The van der Waals surface area contributed by atoms with Gasteiger partial charge in [-0.1, -0.05) is 5.16 Å². The fourth-order valence-corrected chi connectivity index (χ4v) is 3.09. The molecule has 0 unspecified atom stereocenters. The number of nitrogens with zero attached hydrogens (tertiary/aromatic N) is 3. The smallest absolute Gasteiger partial charge is 0.267 e. The lowest BCUT2D eigenvalue weighted by Gasteiger charge is -2.09. The molecule has 0 amide bonds. The zero-order valence-corrected chi connectivity index (χ0v) is 16.0. The molecule has 148 valence electrons. The molecule has 0 saturated heterocycles. The van der Waals surface area contributed by atoms with E-state index >= 15 is 0 Å². The lowest BCUT2D eigenvalue weighted by molar-refractivity contribution is 0.242. The van der Waals surface area contributed by atoms with Gasteiger partial charge in [0, 0.05) is 18.0 Å². The first-order valence-electron chi connectivity index (χ1n) is 8.97. The summed E-state index contributed by atoms with van der Waals surface area (Å²) in [6, 6.07) is 10.9. The van der Waals surface area contributed by atoms with E-state index in [1.54, 1.807) is 24.3 Å². The molecule has 0 saturated carbocycles. The van der Waals surface area contributed by atoms with Gasteiger partial charge in [0.2, 0.25) is 5.82 Å². The third-order valence-electron chi connectivity index (χ3n) is 4.45. The Morgan fingerprint density at radius 3 is 2.59 bits per heavy atom. The van der Waals surface area contributed by atoms with E-state index in [9.17, 15) is 14.3 Å². The van der Waals surface area contributed by atoms with Crippen molar-refractivity contribution in [2.24, 2.45) is 7.05 Å². The minimum atomic E-state index is -0.535. The number of hydrogen-bond donors (Lipinski definition) is 1. The highest BCUT2D eigenvalue weighted by Gasteiger charge is 2.22. The van der Waals surface area contributed by atoms with Gasteiger partial charge in [-0.25, -0.2) is 4.39 Å². The number of aromatic hydroxyl groups is 1. The van der Waals surface area contributed by atoms with Crippen LogP contribution in [0.25, 0.3) is 33.7 Å². The molecule has 2 aromatic heterocycles. The predicted octanol–water partition coefficient (Wildman–Crippen LogP) is 3.89. The minimum absolute atomic E-state index is 0.0505. The third-order valence-corrected chi connectivity index (χ3v) is 4.45. The summed E-state index contributed by atoms with van der Waals surface area (Å²) in [5.74, 6) is -0.134. The van der Waals surface area contributed by atoms with Crippen molar-refractivity contribution in [1.82, 2.24) is 14.7 Å². The van der Waals surface area contributed by atoms with E-state index in [0.29, 0.717) is 16.8 Å².